The van der Waals surface area contributed by atoms with E-state index in [1.165, 1.54) is 12.8 Å². The van der Waals surface area contributed by atoms with Gasteiger partial charge in [0.1, 0.15) is 12.4 Å². The van der Waals surface area contributed by atoms with E-state index < -0.39 is 0 Å². The van der Waals surface area contributed by atoms with Gasteiger partial charge in [0.2, 0.25) is 0 Å². The summed E-state index contributed by atoms with van der Waals surface area (Å²) in [5, 5.41) is 8.31. The van der Waals surface area contributed by atoms with Crippen LogP contribution < -0.4 is 5.32 Å². The van der Waals surface area contributed by atoms with E-state index in [1.54, 1.807) is 7.11 Å². The number of hydrogen-bond donors (Lipinski definition) is 1. The normalized spacial score (nSPS) is 30.6. The third-order valence-corrected chi connectivity index (χ3v) is 4.52. The monoisotopic (exact) mass is 279 g/mol. The van der Waals surface area contributed by atoms with Crippen molar-refractivity contribution in [2.75, 3.05) is 20.7 Å². The van der Waals surface area contributed by atoms with Crippen LogP contribution >= 0.6 is 0 Å². The summed E-state index contributed by atoms with van der Waals surface area (Å²) >= 11 is 0. The Hall–Kier alpha value is -0.980. The van der Waals surface area contributed by atoms with Crippen LogP contribution in [-0.2, 0) is 17.9 Å². The SMILES string of the molecule is COCc1nc2n(n1)CCC[C@@H]2N[C@@H]1C[C@H](C)N(C)C1. The standard InChI is InChI=1S/C14H25N5O/c1-10-7-11(8-18(10)2)15-12-5-4-6-19-14(12)16-13(17-19)9-20-3/h10-12,15H,4-9H2,1-3H3/t10-,11+,12-/m0/s1. The first-order valence-corrected chi connectivity index (χ1v) is 7.56. The molecule has 0 radical (unpaired) electrons. The third kappa shape index (κ3) is 2.73. The molecule has 0 saturated carbocycles. The lowest BCUT2D eigenvalue weighted by Gasteiger charge is -2.26. The molecule has 20 heavy (non-hydrogen) atoms. The molecule has 0 spiro atoms. The number of methoxy groups -OCH3 is 1. The number of likely N-dealkylation sites (N-methyl/N-ethyl adjacent to an activating group) is 1. The summed E-state index contributed by atoms with van der Waals surface area (Å²) in [5.74, 6) is 1.89. The molecule has 6 nitrogen and oxygen atoms in total. The van der Waals surface area contributed by atoms with Gasteiger partial charge in [-0.1, -0.05) is 0 Å². The maximum Gasteiger partial charge on any atom is 0.176 e. The molecule has 1 fully saturated rings. The van der Waals surface area contributed by atoms with Crippen LogP contribution in [0.2, 0.25) is 0 Å². The summed E-state index contributed by atoms with van der Waals surface area (Å²) in [6.07, 6.45) is 3.53. The minimum atomic E-state index is 0.338. The molecule has 2 aliphatic heterocycles. The number of nitrogens with one attached hydrogen (secondary N) is 1. The second kappa shape index (κ2) is 5.79. The quantitative estimate of drug-likeness (QED) is 0.889. The molecule has 1 N–H and O–H groups in total. The van der Waals surface area contributed by atoms with Gasteiger partial charge < -0.3 is 15.0 Å². The molecule has 2 aliphatic rings. The fourth-order valence-electron chi connectivity index (χ4n) is 3.35. The molecular weight excluding hydrogens is 254 g/mol. The maximum absolute atomic E-state index is 5.14. The second-order valence-electron chi connectivity index (χ2n) is 6.13. The number of hydrogen-bond acceptors (Lipinski definition) is 5. The Bertz CT molecular complexity index is 450. The molecule has 3 atom stereocenters. The molecule has 0 amide bonds. The zero-order chi connectivity index (χ0) is 14.1. The predicted octanol–water partition coefficient (Wildman–Crippen LogP) is 0.942. The lowest BCUT2D eigenvalue weighted by molar-refractivity contribution is 0.177. The molecule has 3 heterocycles. The number of ether oxygens (including phenoxy) is 1. The van der Waals surface area contributed by atoms with Gasteiger partial charge in [0.05, 0.1) is 6.04 Å². The first-order valence-electron chi connectivity index (χ1n) is 7.56. The smallest absolute Gasteiger partial charge is 0.176 e. The highest BCUT2D eigenvalue weighted by Crippen LogP contribution is 2.26. The molecule has 0 unspecified atom stereocenters. The van der Waals surface area contributed by atoms with Gasteiger partial charge in [-0.3, -0.25) is 0 Å². The minimum Gasteiger partial charge on any atom is -0.377 e. The highest BCUT2D eigenvalue weighted by Gasteiger charge is 2.31. The Morgan fingerprint density at radius 2 is 2.30 bits per heavy atom. The Morgan fingerprint density at radius 3 is 3.00 bits per heavy atom. The highest BCUT2D eigenvalue weighted by atomic mass is 16.5. The van der Waals surface area contributed by atoms with Crippen molar-refractivity contribution in [1.82, 2.24) is 25.0 Å². The topological polar surface area (TPSA) is 55.2 Å². The highest BCUT2D eigenvalue weighted by molar-refractivity contribution is 5.03. The van der Waals surface area contributed by atoms with Gasteiger partial charge >= 0.3 is 0 Å². The first kappa shape index (κ1) is 14.0. The number of fused-ring (bicyclic) bond motifs is 1. The molecule has 1 aromatic heterocycles. The zero-order valence-electron chi connectivity index (χ0n) is 12.7. The summed E-state index contributed by atoms with van der Waals surface area (Å²) in [7, 11) is 3.89. The van der Waals surface area contributed by atoms with Crippen LogP contribution in [0.5, 0.6) is 0 Å². The molecule has 3 rings (SSSR count). The Kier molecular flexibility index (Phi) is 4.05. The number of aryl methyl sites for hydroxylation is 1. The predicted molar refractivity (Wildman–Crippen MR) is 76.3 cm³/mol. The minimum absolute atomic E-state index is 0.338. The van der Waals surface area contributed by atoms with Crippen molar-refractivity contribution in [3.05, 3.63) is 11.6 Å². The van der Waals surface area contributed by atoms with E-state index in [1.807, 2.05) is 0 Å². The van der Waals surface area contributed by atoms with Gasteiger partial charge in [-0.15, -0.1) is 0 Å². The van der Waals surface area contributed by atoms with E-state index in [0.717, 1.165) is 31.2 Å². The molecule has 112 valence electrons. The molecular formula is C14H25N5O. The fourth-order valence-corrected chi connectivity index (χ4v) is 3.35. The van der Waals surface area contributed by atoms with E-state index in [9.17, 15) is 0 Å². The van der Waals surface area contributed by atoms with Crippen molar-refractivity contribution in [2.24, 2.45) is 0 Å². The lowest BCUT2D eigenvalue weighted by atomic mass is 10.1. The number of rotatable bonds is 4. The van der Waals surface area contributed by atoms with E-state index in [-0.39, 0.29) is 0 Å². The van der Waals surface area contributed by atoms with Crippen molar-refractivity contribution < 1.29 is 4.74 Å². The summed E-state index contributed by atoms with van der Waals surface area (Å²) in [4.78, 5) is 7.07. The summed E-state index contributed by atoms with van der Waals surface area (Å²) in [6.45, 7) is 4.89. The number of aromatic nitrogens is 3. The van der Waals surface area contributed by atoms with Gasteiger partial charge in [-0.25, -0.2) is 9.67 Å². The molecule has 0 aromatic carbocycles. The van der Waals surface area contributed by atoms with Gasteiger partial charge in [0.15, 0.2) is 5.82 Å². The van der Waals surface area contributed by atoms with Crippen LogP contribution in [0.4, 0.5) is 0 Å². The van der Waals surface area contributed by atoms with Crippen molar-refractivity contribution in [1.29, 1.82) is 0 Å². The van der Waals surface area contributed by atoms with Gasteiger partial charge in [-0.05, 0) is 33.2 Å². The summed E-state index contributed by atoms with van der Waals surface area (Å²) < 4.78 is 7.19. The van der Waals surface area contributed by atoms with Crippen LogP contribution in [-0.4, -0.2) is 52.5 Å². The van der Waals surface area contributed by atoms with Crippen molar-refractivity contribution >= 4 is 0 Å². The number of likely N-dealkylation sites (tertiary alicyclic amines) is 1. The molecule has 1 saturated heterocycles. The van der Waals surface area contributed by atoms with Crippen molar-refractivity contribution in [2.45, 2.75) is 57.5 Å². The van der Waals surface area contributed by atoms with Gasteiger partial charge in [0.25, 0.3) is 0 Å². The molecule has 1 aromatic rings. The average Bonchev–Trinajstić information content (AvgIpc) is 2.95. The third-order valence-electron chi connectivity index (χ3n) is 4.52. The Labute approximate surface area is 120 Å². The molecule has 0 bridgehead atoms. The molecule has 6 heteroatoms. The first-order chi connectivity index (χ1) is 9.67. The zero-order valence-corrected chi connectivity index (χ0v) is 12.7. The lowest BCUT2D eigenvalue weighted by Crippen LogP contribution is -2.37. The van der Waals surface area contributed by atoms with Gasteiger partial charge in [-0.2, -0.15) is 5.10 Å². The van der Waals surface area contributed by atoms with Crippen LogP contribution in [0.3, 0.4) is 0 Å². The summed E-state index contributed by atoms with van der Waals surface area (Å²) in [5.41, 5.74) is 0. The van der Waals surface area contributed by atoms with Gasteiger partial charge in [0, 0.05) is 32.3 Å². The van der Waals surface area contributed by atoms with Crippen molar-refractivity contribution in [3.63, 3.8) is 0 Å². The van der Waals surface area contributed by atoms with E-state index in [4.69, 9.17) is 4.74 Å². The Morgan fingerprint density at radius 1 is 1.45 bits per heavy atom. The Balaban J connectivity index is 1.70. The van der Waals surface area contributed by atoms with Crippen LogP contribution in [0.25, 0.3) is 0 Å². The van der Waals surface area contributed by atoms with Crippen LogP contribution in [0, 0.1) is 0 Å². The van der Waals surface area contributed by atoms with E-state index in [2.05, 4.69) is 39.0 Å². The summed E-state index contributed by atoms with van der Waals surface area (Å²) in [6, 6.07) is 1.57. The maximum atomic E-state index is 5.14. The second-order valence-corrected chi connectivity index (χ2v) is 6.13. The van der Waals surface area contributed by atoms with E-state index >= 15 is 0 Å². The fraction of sp³-hybridized carbons (Fsp3) is 0.857. The van der Waals surface area contributed by atoms with E-state index in [0.29, 0.717) is 24.7 Å². The van der Waals surface area contributed by atoms with Crippen LogP contribution in [0.1, 0.15) is 43.9 Å². The van der Waals surface area contributed by atoms with Crippen molar-refractivity contribution in [3.8, 4) is 0 Å². The average molecular weight is 279 g/mol. The largest absolute Gasteiger partial charge is 0.377 e. The molecule has 0 aliphatic carbocycles. The van der Waals surface area contributed by atoms with Crippen LogP contribution in [0.15, 0.2) is 0 Å². The number of nitrogens with zero attached hydrogens (tertiary/aromatic N) is 4.